The summed E-state index contributed by atoms with van der Waals surface area (Å²) in [5.74, 6) is 0.597. The van der Waals surface area contributed by atoms with Crippen LogP contribution in [0, 0.1) is 12.8 Å². The van der Waals surface area contributed by atoms with Gasteiger partial charge >= 0.3 is 0 Å². The van der Waals surface area contributed by atoms with Gasteiger partial charge in [-0.25, -0.2) is 4.98 Å². The Balaban J connectivity index is 1.67. The summed E-state index contributed by atoms with van der Waals surface area (Å²) in [6.07, 6.45) is 4.70. The molecule has 0 aliphatic rings. The van der Waals surface area contributed by atoms with Gasteiger partial charge in [0.15, 0.2) is 0 Å². The second kappa shape index (κ2) is 7.38. The molecule has 4 heteroatoms. The Morgan fingerprint density at radius 2 is 1.77 bits per heavy atom. The number of aromatic nitrogens is 3. The van der Waals surface area contributed by atoms with E-state index in [2.05, 4.69) is 60.2 Å². The Hall–Kier alpha value is -3.53. The number of hydrogen-bond acceptors (Lipinski definition) is 4. The summed E-state index contributed by atoms with van der Waals surface area (Å²) in [5, 5.41) is 2.05. The van der Waals surface area contributed by atoms with Crippen molar-refractivity contribution < 1.29 is 4.42 Å². The number of hydrogen-bond donors (Lipinski definition) is 0. The van der Waals surface area contributed by atoms with E-state index < -0.39 is 0 Å². The third-order valence-corrected chi connectivity index (χ3v) is 5.36. The van der Waals surface area contributed by atoms with E-state index in [-0.39, 0.29) is 0 Å². The van der Waals surface area contributed by atoms with E-state index in [1.54, 1.807) is 6.20 Å². The highest BCUT2D eigenvalue weighted by molar-refractivity contribution is 6.08. The third-order valence-electron chi connectivity index (χ3n) is 5.36. The van der Waals surface area contributed by atoms with Crippen LogP contribution in [0.2, 0.25) is 0 Å². The number of rotatable bonds is 4. The van der Waals surface area contributed by atoms with Crippen molar-refractivity contribution in [1.29, 1.82) is 0 Å². The SMILES string of the molecule is Cc1cccnc1-c1ccc2c(n1)oc1c(-c3cc(CC(C)C)ccn3)cccc12. The number of benzene rings is 1. The lowest BCUT2D eigenvalue weighted by molar-refractivity contribution is 0.646. The van der Waals surface area contributed by atoms with E-state index >= 15 is 0 Å². The molecule has 5 rings (SSSR count). The second-order valence-electron chi connectivity index (χ2n) is 8.15. The second-order valence-corrected chi connectivity index (χ2v) is 8.15. The molecule has 0 radical (unpaired) electrons. The maximum absolute atomic E-state index is 6.28. The molecule has 4 heterocycles. The average molecular weight is 393 g/mol. The van der Waals surface area contributed by atoms with Crippen molar-refractivity contribution in [3.63, 3.8) is 0 Å². The van der Waals surface area contributed by atoms with Crippen LogP contribution < -0.4 is 0 Å². The van der Waals surface area contributed by atoms with Gasteiger partial charge in [-0.05, 0) is 66.8 Å². The molecule has 148 valence electrons. The molecule has 0 bridgehead atoms. The highest BCUT2D eigenvalue weighted by Gasteiger charge is 2.15. The predicted molar refractivity (Wildman–Crippen MR) is 121 cm³/mol. The lowest BCUT2D eigenvalue weighted by Crippen LogP contribution is -1.95. The Bertz CT molecular complexity index is 1370. The van der Waals surface area contributed by atoms with Crippen LogP contribution in [0.5, 0.6) is 0 Å². The molecule has 1 aromatic carbocycles. The quantitative estimate of drug-likeness (QED) is 0.345. The Morgan fingerprint density at radius 3 is 2.60 bits per heavy atom. The highest BCUT2D eigenvalue weighted by atomic mass is 16.3. The van der Waals surface area contributed by atoms with Gasteiger partial charge in [-0.3, -0.25) is 9.97 Å². The summed E-state index contributed by atoms with van der Waals surface area (Å²) in [7, 11) is 0. The molecule has 30 heavy (non-hydrogen) atoms. The molecular weight excluding hydrogens is 370 g/mol. The molecule has 0 unspecified atom stereocenters. The molecular formula is C26H23N3O. The van der Waals surface area contributed by atoms with Gasteiger partial charge in [0.2, 0.25) is 5.71 Å². The van der Waals surface area contributed by atoms with E-state index in [4.69, 9.17) is 9.40 Å². The molecule has 0 amide bonds. The molecule has 0 N–H and O–H groups in total. The number of pyridine rings is 3. The van der Waals surface area contributed by atoms with Crippen molar-refractivity contribution in [3.8, 4) is 22.6 Å². The van der Waals surface area contributed by atoms with Crippen molar-refractivity contribution >= 4 is 22.1 Å². The number of furan rings is 1. The lowest BCUT2D eigenvalue weighted by Gasteiger charge is -2.07. The van der Waals surface area contributed by atoms with Crippen LogP contribution in [0.25, 0.3) is 44.7 Å². The average Bonchev–Trinajstić information content (AvgIpc) is 3.11. The van der Waals surface area contributed by atoms with E-state index in [0.29, 0.717) is 11.6 Å². The first kappa shape index (κ1) is 18.5. The Kier molecular flexibility index (Phi) is 4.55. The van der Waals surface area contributed by atoms with Gasteiger partial charge in [-0.1, -0.05) is 32.0 Å². The van der Waals surface area contributed by atoms with Gasteiger partial charge in [0.25, 0.3) is 0 Å². The standard InChI is InChI=1S/C26H23N3O/c1-16(2)14-18-11-13-27-23(15-18)21-8-4-7-19-20-9-10-22(29-26(20)30-25(19)21)24-17(3)6-5-12-28-24/h4-13,15-16H,14H2,1-3H3. The van der Waals surface area contributed by atoms with Crippen LogP contribution in [0.4, 0.5) is 0 Å². The maximum atomic E-state index is 6.28. The van der Waals surface area contributed by atoms with Gasteiger partial charge in [0, 0.05) is 28.7 Å². The van der Waals surface area contributed by atoms with Gasteiger partial charge in [0.05, 0.1) is 17.1 Å². The van der Waals surface area contributed by atoms with Gasteiger partial charge in [-0.2, -0.15) is 0 Å². The van der Waals surface area contributed by atoms with Crippen LogP contribution in [-0.4, -0.2) is 15.0 Å². The topological polar surface area (TPSA) is 51.8 Å². The molecule has 0 saturated heterocycles. The van der Waals surface area contributed by atoms with E-state index in [0.717, 1.165) is 51.0 Å². The first-order valence-electron chi connectivity index (χ1n) is 10.3. The first-order valence-corrected chi connectivity index (χ1v) is 10.3. The van der Waals surface area contributed by atoms with E-state index in [1.165, 1.54) is 5.56 Å². The molecule has 0 fully saturated rings. The fourth-order valence-corrected chi connectivity index (χ4v) is 3.99. The van der Waals surface area contributed by atoms with E-state index in [9.17, 15) is 0 Å². The molecule has 0 aliphatic carbocycles. The smallest absolute Gasteiger partial charge is 0.227 e. The lowest BCUT2D eigenvalue weighted by atomic mass is 10.0. The molecule has 0 saturated carbocycles. The van der Waals surface area contributed by atoms with E-state index in [1.807, 2.05) is 31.3 Å². The van der Waals surface area contributed by atoms with Crippen LogP contribution in [0.3, 0.4) is 0 Å². The Morgan fingerprint density at radius 1 is 0.867 bits per heavy atom. The minimum atomic E-state index is 0.597. The molecule has 5 aromatic rings. The highest BCUT2D eigenvalue weighted by Crippen LogP contribution is 2.35. The monoisotopic (exact) mass is 393 g/mol. The third kappa shape index (κ3) is 3.24. The van der Waals surface area contributed by atoms with Gasteiger partial charge in [-0.15, -0.1) is 0 Å². The zero-order valence-electron chi connectivity index (χ0n) is 17.4. The number of fused-ring (bicyclic) bond motifs is 3. The minimum absolute atomic E-state index is 0.597. The van der Waals surface area contributed by atoms with Crippen LogP contribution in [-0.2, 0) is 6.42 Å². The summed E-state index contributed by atoms with van der Waals surface area (Å²) in [6, 6.07) is 18.5. The zero-order valence-corrected chi connectivity index (χ0v) is 17.4. The summed E-state index contributed by atoms with van der Waals surface area (Å²) in [4.78, 5) is 13.9. The predicted octanol–water partition coefficient (Wildman–Crippen LogP) is 6.61. The summed E-state index contributed by atoms with van der Waals surface area (Å²) >= 11 is 0. The normalized spacial score (nSPS) is 11.6. The molecule has 0 aliphatic heterocycles. The van der Waals surface area contributed by atoms with Crippen molar-refractivity contribution in [3.05, 3.63) is 78.1 Å². The van der Waals surface area contributed by atoms with Crippen molar-refractivity contribution in [2.75, 3.05) is 0 Å². The molecule has 4 aromatic heterocycles. The number of aryl methyl sites for hydroxylation is 1. The minimum Gasteiger partial charge on any atom is -0.437 e. The maximum Gasteiger partial charge on any atom is 0.227 e. The van der Waals surface area contributed by atoms with Crippen molar-refractivity contribution in [2.45, 2.75) is 27.2 Å². The van der Waals surface area contributed by atoms with Crippen LogP contribution in [0.15, 0.2) is 71.4 Å². The van der Waals surface area contributed by atoms with Crippen molar-refractivity contribution in [2.24, 2.45) is 5.92 Å². The van der Waals surface area contributed by atoms with Crippen LogP contribution >= 0.6 is 0 Å². The summed E-state index contributed by atoms with van der Waals surface area (Å²) < 4.78 is 6.28. The molecule has 4 nitrogen and oxygen atoms in total. The molecule has 0 spiro atoms. The van der Waals surface area contributed by atoms with Gasteiger partial charge < -0.3 is 4.42 Å². The fourth-order valence-electron chi connectivity index (χ4n) is 3.99. The molecule has 0 atom stereocenters. The van der Waals surface area contributed by atoms with Gasteiger partial charge in [0.1, 0.15) is 5.58 Å². The Labute approximate surface area is 175 Å². The summed E-state index contributed by atoms with van der Waals surface area (Å²) in [6.45, 7) is 6.50. The van der Waals surface area contributed by atoms with Crippen molar-refractivity contribution in [1.82, 2.24) is 15.0 Å². The first-order chi connectivity index (χ1) is 14.6. The fraction of sp³-hybridized carbons (Fsp3) is 0.192. The largest absolute Gasteiger partial charge is 0.437 e. The summed E-state index contributed by atoms with van der Waals surface area (Å²) in [5.41, 5.74) is 7.44. The number of nitrogens with zero attached hydrogens (tertiary/aromatic N) is 3. The zero-order chi connectivity index (χ0) is 20.7. The number of para-hydroxylation sites is 1. The van der Waals surface area contributed by atoms with Crippen LogP contribution in [0.1, 0.15) is 25.0 Å².